The summed E-state index contributed by atoms with van der Waals surface area (Å²) in [5, 5.41) is 30.8. The first-order valence-electron chi connectivity index (χ1n) is 12.3. The van der Waals surface area contributed by atoms with E-state index in [-0.39, 0.29) is 28.4 Å². The summed E-state index contributed by atoms with van der Waals surface area (Å²) in [4.78, 5) is 38.5. The number of H-pyrrole nitrogens is 1. The van der Waals surface area contributed by atoms with Gasteiger partial charge in [-0.2, -0.15) is 4.98 Å². The molecule has 42 heavy (non-hydrogen) atoms. The van der Waals surface area contributed by atoms with Crippen LogP contribution in [0.4, 0.5) is 10.3 Å². The Morgan fingerprint density at radius 3 is 2.67 bits per heavy atom. The number of alkyl halides is 1. The number of anilines is 1. The van der Waals surface area contributed by atoms with Crippen molar-refractivity contribution < 1.29 is 42.8 Å². The van der Waals surface area contributed by atoms with Crippen LogP contribution in [0.15, 0.2) is 40.6 Å². The predicted octanol–water partition coefficient (Wildman–Crippen LogP) is -1.50. The molecular weight excluding hydrogens is 606 g/mol. The number of aliphatic hydroxyl groups is 3. The van der Waals surface area contributed by atoms with Crippen molar-refractivity contribution in [3.8, 4) is 0 Å². The van der Waals surface area contributed by atoms with Gasteiger partial charge in [0.05, 0.1) is 19.5 Å². The molecule has 18 nitrogen and oxygen atoms in total. The van der Waals surface area contributed by atoms with Gasteiger partial charge in [-0.25, -0.2) is 18.9 Å². The second-order valence-electron chi connectivity index (χ2n) is 9.51. The molecule has 6 heterocycles. The first kappa shape index (κ1) is 28.9. The van der Waals surface area contributed by atoms with Crippen LogP contribution < -0.4 is 16.9 Å². The van der Waals surface area contributed by atoms with Crippen molar-refractivity contribution >= 4 is 41.9 Å². The smallest absolute Gasteiger partial charge is 0.386 e. The van der Waals surface area contributed by atoms with Gasteiger partial charge in [0.25, 0.3) is 11.1 Å². The number of aliphatic hydroxyl groups excluding tert-OH is 3. The highest BCUT2D eigenvalue weighted by molar-refractivity contribution is 8.44. The van der Waals surface area contributed by atoms with Gasteiger partial charge in [-0.3, -0.25) is 37.2 Å². The molecule has 0 aliphatic carbocycles. The first-order chi connectivity index (χ1) is 20.0. The molecule has 9 atom stereocenters. The zero-order valence-corrected chi connectivity index (χ0v) is 22.9. The van der Waals surface area contributed by atoms with Crippen LogP contribution in [0.2, 0.25) is 0 Å². The second-order valence-corrected chi connectivity index (χ2v) is 12.4. The second kappa shape index (κ2) is 10.8. The molecule has 6 N–H and O–H groups in total. The molecule has 6 rings (SSSR count). The van der Waals surface area contributed by atoms with Gasteiger partial charge in [-0.15, -0.1) is 0 Å². The molecule has 0 radical (unpaired) electrons. The van der Waals surface area contributed by atoms with Gasteiger partial charge in [0.15, 0.2) is 29.8 Å². The van der Waals surface area contributed by atoms with Gasteiger partial charge in [-0.05, 0) is 0 Å². The van der Waals surface area contributed by atoms with Crippen LogP contribution in [0.25, 0.3) is 16.9 Å². The number of halogens is 1. The zero-order chi connectivity index (χ0) is 29.9. The molecular formula is C21H24FN8O10PS. The van der Waals surface area contributed by atoms with Gasteiger partial charge >= 0.3 is 6.80 Å². The standard InChI is InChI=1S/C21H24FN8O10PS/c22-11-8(5-31)38-19(30-7-25-12-16(30)26-20(23)27-17(12)35)15(11)40-41(36,42)37-6-9-13(33)14(34)18(39-9)29-3-1-10(32)28-4-2-24-21(28)29/h1-4,7-9,11,13-15,18-19,31,33-34H,5-6H2,(H,36,42)(H3,23,26,27,35)/t8-,9-,11-,13-,14-,15-,18-,19-,41?/m1/s1. The summed E-state index contributed by atoms with van der Waals surface area (Å²) >= 11 is 3.93. The normalized spacial score (nSPS) is 31.3. The Balaban J connectivity index is 1.19. The fourth-order valence-corrected chi connectivity index (χ4v) is 6.36. The SMILES string of the molecule is Nc1nc2c(ncn2[C@@H]2O[C@H](CO)[C@@H](F)[C@H]2OP(=O)(S)OC[C@H]2O[C@@H](n3ccc(=O)n4ccnc34)[C@H](O)[C@@H]2O)c(=O)[nH]1. The van der Waals surface area contributed by atoms with E-state index in [0.717, 1.165) is 10.9 Å². The van der Waals surface area contributed by atoms with Crippen molar-refractivity contribution in [2.75, 3.05) is 18.9 Å². The number of nitrogens with zero attached hydrogens (tertiary/aromatic N) is 6. The molecule has 4 aromatic rings. The van der Waals surface area contributed by atoms with Crippen molar-refractivity contribution in [1.29, 1.82) is 0 Å². The van der Waals surface area contributed by atoms with E-state index in [1.165, 1.54) is 33.6 Å². The summed E-state index contributed by atoms with van der Waals surface area (Å²) < 4.78 is 54.2. The van der Waals surface area contributed by atoms with Crippen molar-refractivity contribution in [3.63, 3.8) is 0 Å². The van der Waals surface area contributed by atoms with Crippen LogP contribution in [0, 0.1) is 0 Å². The van der Waals surface area contributed by atoms with E-state index in [4.69, 9.17) is 24.3 Å². The summed E-state index contributed by atoms with van der Waals surface area (Å²) in [7, 11) is 0. The molecule has 0 saturated carbocycles. The minimum atomic E-state index is -4.45. The highest BCUT2D eigenvalue weighted by Gasteiger charge is 2.51. The molecule has 226 valence electrons. The molecule has 2 saturated heterocycles. The maximum Gasteiger partial charge on any atom is 0.386 e. The van der Waals surface area contributed by atoms with Gasteiger partial charge in [0.2, 0.25) is 11.7 Å². The van der Waals surface area contributed by atoms with Gasteiger partial charge in [0.1, 0.15) is 30.5 Å². The Kier molecular flexibility index (Phi) is 7.44. The number of fused-ring (bicyclic) bond motifs is 2. The van der Waals surface area contributed by atoms with E-state index in [1.54, 1.807) is 0 Å². The fraction of sp³-hybridized carbons (Fsp3) is 0.476. The quantitative estimate of drug-likeness (QED) is 0.0959. The Labute approximate surface area is 238 Å². The number of nitrogens with one attached hydrogen (secondary N) is 1. The lowest BCUT2D eigenvalue weighted by Crippen LogP contribution is -2.34. The molecule has 0 amide bonds. The van der Waals surface area contributed by atoms with Crippen molar-refractivity contribution in [2.45, 2.75) is 49.1 Å². The largest absolute Gasteiger partial charge is 0.394 e. The molecule has 2 aliphatic heterocycles. The number of nitrogen functional groups attached to an aromatic ring is 1. The first-order valence-corrected chi connectivity index (χ1v) is 15.0. The maximum absolute atomic E-state index is 15.3. The van der Waals surface area contributed by atoms with Crippen molar-refractivity contribution in [2.24, 2.45) is 0 Å². The van der Waals surface area contributed by atoms with Crippen LogP contribution in [-0.4, -0.2) is 98.7 Å². The minimum absolute atomic E-state index is 0.0906. The van der Waals surface area contributed by atoms with E-state index in [0.29, 0.717) is 0 Å². The van der Waals surface area contributed by atoms with Crippen LogP contribution in [-0.2, 0) is 23.1 Å². The lowest BCUT2D eigenvalue weighted by atomic mass is 10.1. The Morgan fingerprint density at radius 1 is 1.14 bits per heavy atom. The number of aromatic amines is 1. The summed E-state index contributed by atoms with van der Waals surface area (Å²) in [5.41, 5.74) is 4.34. The number of imidazole rings is 2. The van der Waals surface area contributed by atoms with E-state index < -0.39 is 74.7 Å². The summed E-state index contributed by atoms with van der Waals surface area (Å²) in [6.07, 6.45) is -6.88. The number of ether oxygens (including phenoxy) is 2. The molecule has 0 spiro atoms. The number of hydrogen-bond acceptors (Lipinski definition) is 14. The topological polar surface area (TPSA) is 244 Å². The van der Waals surface area contributed by atoms with Crippen LogP contribution in [0.5, 0.6) is 0 Å². The van der Waals surface area contributed by atoms with Crippen LogP contribution in [0.1, 0.15) is 12.5 Å². The average Bonchev–Trinajstić information content (AvgIpc) is 3.71. The highest BCUT2D eigenvalue weighted by atomic mass is 32.7. The van der Waals surface area contributed by atoms with Gasteiger partial charge < -0.3 is 30.5 Å². The number of thiol groups is 1. The van der Waals surface area contributed by atoms with E-state index in [1.807, 2.05) is 0 Å². The van der Waals surface area contributed by atoms with Gasteiger partial charge in [-0.1, -0.05) is 12.2 Å². The van der Waals surface area contributed by atoms with Crippen LogP contribution in [0.3, 0.4) is 0 Å². The summed E-state index contributed by atoms with van der Waals surface area (Å²) in [6.45, 7) is -5.85. The van der Waals surface area contributed by atoms with Crippen molar-refractivity contribution in [3.05, 3.63) is 51.7 Å². The third-order valence-corrected chi connectivity index (χ3v) is 8.52. The van der Waals surface area contributed by atoms with E-state index in [9.17, 15) is 29.5 Å². The zero-order valence-electron chi connectivity index (χ0n) is 21.2. The third kappa shape index (κ3) is 4.93. The minimum Gasteiger partial charge on any atom is -0.394 e. The lowest BCUT2D eigenvalue weighted by molar-refractivity contribution is -0.0553. The Hall–Kier alpha value is -3.20. The van der Waals surface area contributed by atoms with Gasteiger partial charge in [0, 0.05) is 24.7 Å². The predicted molar refractivity (Wildman–Crippen MR) is 141 cm³/mol. The summed E-state index contributed by atoms with van der Waals surface area (Å²) in [6, 6.07) is 1.22. The monoisotopic (exact) mass is 630 g/mol. The maximum atomic E-state index is 15.3. The molecule has 1 unspecified atom stereocenters. The Morgan fingerprint density at radius 2 is 1.90 bits per heavy atom. The van der Waals surface area contributed by atoms with E-state index in [2.05, 4.69) is 32.2 Å². The fourth-order valence-electron chi connectivity index (χ4n) is 4.90. The molecule has 4 aromatic heterocycles. The van der Waals surface area contributed by atoms with E-state index >= 15 is 4.39 Å². The molecule has 2 aliphatic rings. The molecule has 2 fully saturated rings. The number of nitrogens with two attached hydrogens (primary N) is 1. The highest BCUT2D eigenvalue weighted by Crippen LogP contribution is 2.57. The number of hydrogen-bond donors (Lipinski definition) is 6. The number of aromatic nitrogens is 7. The molecule has 0 bridgehead atoms. The molecule has 0 aromatic carbocycles. The number of rotatable bonds is 8. The third-order valence-electron chi connectivity index (χ3n) is 6.90. The lowest BCUT2D eigenvalue weighted by Gasteiger charge is -2.25. The summed E-state index contributed by atoms with van der Waals surface area (Å²) in [5.74, 6) is -0.122. The molecule has 21 heteroatoms. The Bertz CT molecular complexity index is 1800. The average molecular weight is 631 g/mol. The van der Waals surface area contributed by atoms with Crippen molar-refractivity contribution in [1.82, 2.24) is 33.5 Å². The van der Waals surface area contributed by atoms with Crippen LogP contribution >= 0.6 is 19.0 Å².